The van der Waals surface area contributed by atoms with Crippen LogP contribution in [0.3, 0.4) is 0 Å². The van der Waals surface area contributed by atoms with Crippen molar-refractivity contribution in [2.45, 2.75) is 6.54 Å². The van der Waals surface area contributed by atoms with Crippen LogP contribution in [0.4, 0.5) is 5.95 Å². The number of aliphatic imine (C=N–C) groups is 1. The van der Waals surface area contributed by atoms with E-state index >= 15 is 0 Å². The topological polar surface area (TPSA) is 42.2 Å². The van der Waals surface area contributed by atoms with Crippen molar-refractivity contribution in [1.29, 1.82) is 0 Å². The number of benzene rings is 1. The highest BCUT2D eigenvalue weighted by atomic mass is 15.2. The van der Waals surface area contributed by atoms with Crippen LogP contribution in [-0.2, 0) is 6.54 Å². The summed E-state index contributed by atoms with van der Waals surface area (Å²) in [5, 5.41) is 3.07. The molecule has 70 valence electrons. The molecular formula is C10H10N4. The van der Waals surface area contributed by atoms with Crippen molar-refractivity contribution in [3.8, 4) is 0 Å². The number of nitrogens with one attached hydrogen (secondary N) is 1. The third kappa shape index (κ3) is 1.00. The van der Waals surface area contributed by atoms with Crippen LogP contribution >= 0.6 is 0 Å². The van der Waals surface area contributed by atoms with Gasteiger partial charge < -0.3 is 9.88 Å². The Morgan fingerprint density at radius 1 is 1.29 bits per heavy atom. The summed E-state index contributed by atoms with van der Waals surface area (Å²) in [6, 6.07) is 8.14. The molecule has 3 rings (SSSR count). The van der Waals surface area contributed by atoms with Gasteiger partial charge in [-0.25, -0.2) is 4.98 Å². The Balaban J connectivity index is 2.28. The van der Waals surface area contributed by atoms with Crippen LogP contribution in [0.15, 0.2) is 29.3 Å². The van der Waals surface area contributed by atoms with Crippen molar-refractivity contribution in [3.63, 3.8) is 0 Å². The number of nitrogens with zero attached hydrogens (tertiary/aromatic N) is 3. The van der Waals surface area contributed by atoms with E-state index in [9.17, 15) is 0 Å². The molecule has 1 aromatic carbocycles. The minimum Gasteiger partial charge on any atom is -0.317 e. The Kier molecular flexibility index (Phi) is 1.53. The first kappa shape index (κ1) is 7.55. The molecule has 0 radical (unpaired) electrons. The van der Waals surface area contributed by atoms with Crippen LogP contribution in [0, 0.1) is 0 Å². The van der Waals surface area contributed by atoms with Gasteiger partial charge in [0.2, 0.25) is 5.95 Å². The lowest BCUT2D eigenvalue weighted by molar-refractivity contribution is 0.749. The van der Waals surface area contributed by atoms with Crippen LogP contribution in [0.1, 0.15) is 0 Å². The van der Waals surface area contributed by atoms with Gasteiger partial charge in [0.15, 0.2) is 0 Å². The summed E-state index contributed by atoms with van der Waals surface area (Å²) in [6.07, 6.45) is 1.71. The van der Waals surface area contributed by atoms with E-state index in [1.54, 1.807) is 6.34 Å². The molecule has 0 spiro atoms. The molecule has 4 nitrogen and oxygen atoms in total. The van der Waals surface area contributed by atoms with Gasteiger partial charge in [0.25, 0.3) is 0 Å². The predicted octanol–water partition coefficient (Wildman–Crippen LogP) is 1.49. The van der Waals surface area contributed by atoms with Crippen molar-refractivity contribution in [1.82, 2.24) is 9.55 Å². The molecule has 0 fully saturated rings. The average Bonchev–Trinajstić information content (AvgIpc) is 2.42. The van der Waals surface area contributed by atoms with Gasteiger partial charge in [-0.2, -0.15) is 0 Å². The summed E-state index contributed by atoms with van der Waals surface area (Å²) in [6.45, 7) is 1.69. The molecule has 1 aromatic heterocycles. The zero-order valence-electron chi connectivity index (χ0n) is 7.64. The highest BCUT2D eigenvalue weighted by molar-refractivity contribution is 5.83. The minimum atomic E-state index is 0.806. The standard InChI is InChI=1S/C10H10N4/c1-2-4-9-8(3-1)13-10-12-7-11-5-6-14(9)10/h1-4,7H,5-6H2,(H,11,12,13). The molecule has 0 atom stereocenters. The fourth-order valence-corrected chi connectivity index (χ4v) is 1.74. The summed E-state index contributed by atoms with van der Waals surface area (Å²) in [7, 11) is 0. The van der Waals surface area contributed by atoms with Gasteiger partial charge in [0.05, 0.1) is 23.9 Å². The van der Waals surface area contributed by atoms with Gasteiger partial charge >= 0.3 is 0 Å². The summed E-state index contributed by atoms with van der Waals surface area (Å²) in [5.74, 6) is 0.882. The third-order valence-corrected chi connectivity index (χ3v) is 2.39. The van der Waals surface area contributed by atoms with Gasteiger partial charge in [0.1, 0.15) is 0 Å². The van der Waals surface area contributed by atoms with Crippen molar-refractivity contribution < 1.29 is 0 Å². The zero-order chi connectivity index (χ0) is 9.38. The fourth-order valence-electron chi connectivity index (χ4n) is 1.74. The second-order valence-electron chi connectivity index (χ2n) is 3.26. The highest BCUT2D eigenvalue weighted by Crippen LogP contribution is 2.19. The number of hydrogen-bond donors (Lipinski definition) is 1. The summed E-state index contributed by atoms with van der Waals surface area (Å²) in [5.41, 5.74) is 2.20. The molecule has 2 heterocycles. The second-order valence-corrected chi connectivity index (χ2v) is 3.26. The summed E-state index contributed by atoms with van der Waals surface area (Å²) < 4.78 is 2.16. The number of rotatable bonds is 0. The van der Waals surface area contributed by atoms with Crippen molar-refractivity contribution >= 4 is 23.3 Å². The first-order valence-corrected chi connectivity index (χ1v) is 4.65. The van der Waals surface area contributed by atoms with E-state index in [1.807, 2.05) is 18.2 Å². The van der Waals surface area contributed by atoms with Crippen LogP contribution < -0.4 is 5.32 Å². The monoisotopic (exact) mass is 186 g/mol. The van der Waals surface area contributed by atoms with E-state index in [-0.39, 0.29) is 0 Å². The first-order valence-electron chi connectivity index (χ1n) is 4.65. The number of fused-ring (bicyclic) bond motifs is 3. The quantitative estimate of drug-likeness (QED) is 0.677. The second kappa shape index (κ2) is 2.83. The van der Waals surface area contributed by atoms with Crippen molar-refractivity contribution in [2.24, 2.45) is 4.99 Å². The summed E-state index contributed by atoms with van der Waals surface area (Å²) in [4.78, 5) is 8.64. The van der Waals surface area contributed by atoms with E-state index in [2.05, 4.69) is 25.9 Å². The third-order valence-electron chi connectivity index (χ3n) is 2.39. The van der Waals surface area contributed by atoms with Crippen molar-refractivity contribution in [2.75, 3.05) is 11.9 Å². The Hall–Kier alpha value is -1.84. The largest absolute Gasteiger partial charge is 0.317 e. The van der Waals surface area contributed by atoms with Gasteiger partial charge in [-0.15, -0.1) is 0 Å². The van der Waals surface area contributed by atoms with E-state index in [0.29, 0.717) is 0 Å². The maximum atomic E-state index is 4.47. The van der Waals surface area contributed by atoms with Gasteiger partial charge in [-0.05, 0) is 12.1 Å². The normalized spacial score (nSPS) is 14.9. The molecule has 0 saturated heterocycles. The molecule has 0 unspecified atom stereocenters. The molecular weight excluding hydrogens is 176 g/mol. The lowest BCUT2D eigenvalue weighted by Crippen LogP contribution is -2.02. The maximum Gasteiger partial charge on any atom is 0.209 e. The Morgan fingerprint density at radius 3 is 3.21 bits per heavy atom. The molecule has 14 heavy (non-hydrogen) atoms. The first-order chi connectivity index (χ1) is 6.95. The molecule has 0 amide bonds. The summed E-state index contributed by atoms with van der Waals surface area (Å²) >= 11 is 0. The van der Waals surface area contributed by atoms with Crippen LogP contribution in [0.5, 0.6) is 0 Å². The van der Waals surface area contributed by atoms with Gasteiger partial charge in [0, 0.05) is 6.54 Å². The molecule has 0 saturated carbocycles. The lowest BCUT2D eigenvalue weighted by atomic mass is 10.3. The van der Waals surface area contributed by atoms with Crippen molar-refractivity contribution in [3.05, 3.63) is 24.3 Å². The van der Waals surface area contributed by atoms with E-state index < -0.39 is 0 Å². The molecule has 1 aliphatic heterocycles. The van der Waals surface area contributed by atoms with Gasteiger partial charge in [-0.1, -0.05) is 12.1 Å². The maximum absolute atomic E-state index is 4.47. The number of aromatic nitrogens is 2. The minimum absolute atomic E-state index is 0.806. The van der Waals surface area contributed by atoms with E-state index in [4.69, 9.17) is 0 Å². The average molecular weight is 186 g/mol. The van der Waals surface area contributed by atoms with E-state index in [0.717, 1.165) is 24.6 Å². The fraction of sp³-hybridized carbons (Fsp3) is 0.200. The molecule has 0 bridgehead atoms. The zero-order valence-corrected chi connectivity index (χ0v) is 7.64. The number of imidazole rings is 1. The van der Waals surface area contributed by atoms with Crippen LogP contribution in [0.25, 0.3) is 11.0 Å². The highest BCUT2D eigenvalue weighted by Gasteiger charge is 2.09. The molecule has 1 N–H and O–H groups in total. The smallest absolute Gasteiger partial charge is 0.209 e. The Labute approximate surface area is 81.3 Å². The predicted molar refractivity (Wildman–Crippen MR) is 56.7 cm³/mol. The van der Waals surface area contributed by atoms with Gasteiger partial charge in [-0.3, -0.25) is 4.99 Å². The van der Waals surface area contributed by atoms with Crippen LogP contribution in [-0.4, -0.2) is 22.4 Å². The van der Waals surface area contributed by atoms with E-state index in [1.165, 1.54) is 5.52 Å². The molecule has 2 aromatic rings. The lowest BCUT2D eigenvalue weighted by Gasteiger charge is -2.02. The van der Waals surface area contributed by atoms with Crippen LogP contribution in [0.2, 0.25) is 0 Å². The number of hydrogen-bond acceptors (Lipinski definition) is 3. The number of anilines is 1. The molecule has 1 aliphatic rings. The molecule has 4 heteroatoms. The Morgan fingerprint density at radius 2 is 2.21 bits per heavy atom. The Bertz CT molecular complexity index is 498. The molecule has 0 aliphatic carbocycles. The number of para-hydroxylation sites is 2. The SMILES string of the molecule is C1=NCCn2c(nc3ccccc32)N1.